The smallest absolute Gasteiger partial charge is 0.265 e. The van der Waals surface area contributed by atoms with Crippen molar-refractivity contribution in [3.63, 3.8) is 0 Å². The third-order valence-corrected chi connectivity index (χ3v) is 3.83. The normalized spacial score (nSPS) is 11.3. The molecule has 84 valence electrons. The SMILES string of the molecule is O=S(=O)(Nc1cnns1)c1ccccc1F. The van der Waals surface area contributed by atoms with E-state index in [4.69, 9.17) is 0 Å². The van der Waals surface area contributed by atoms with Crippen molar-refractivity contribution in [2.45, 2.75) is 4.90 Å². The van der Waals surface area contributed by atoms with Crippen LogP contribution in [0, 0.1) is 5.82 Å². The van der Waals surface area contributed by atoms with Gasteiger partial charge in [-0.15, -0.1) is 5.10 Å². The molecule has 0 fully saturated rings. The second-order valence-electron chi connectivity index (χ2n) is 2.82. The highest BCUT2D eigenvalue weighted by Gasteiger charge is 2.19. The Labute approximate surface area is 95.2 Å². The van der Waals surface area contributed by atoms with E-state index in [9.17, 15) is 12.8 Å². The molecule has 0 aliphatic rings. The van der Waals surface area contributed by atoms with Crippen molar-refractivity contribution < 1.29 is 12.8 Å². The monoisotopic (exact) mass is 259 g/mol. The van der Waals surface area contributed by atoms with E-state index in [2.05, 4.69) is 14.3 Å². The predicted molar refractivity (Wildman–Crippen MR) is 57.1 cm³/mol. The number of aromatic nitrogens is 2. The Morgan fingerprint density at radius 2 is 2.06 bits per heavy atom. The van der Waals surface area contributed by atoms with E-state index < -0.39 is 20.7 Å². The fourth-order valence-electron chi connectivity index (χ4n) is 1.06. The van der Waals surface area contributed by atoms with Crippen LogP contribution in [0.3, 0.4) is 0 Å². The molecule has 0 bridgehead atoms. The number of rotatable bonds is 3. The van der Waals surface area contributed by atoms with E-state index in [1.807, 2.05) is 0 Å². The first kappa shape index (κ1) is 11.0. The Hall–Kier alpha value is -1.54. The third kappa shape index (κ3) is 2.17. The quantitative estimate of drug-likeness (QED) is 0.906. The highest BCUT2D eigenvalue weighted by molar-refractivity contribution is 7.93. The van der Waals surface area contributed by atoms with Crippen molar-refractivity contribution in [2.24, 2.45) is 0 Å². The summed E-state index contributed by atoms with van der Waals surface area (Å²) in [7, 11) is -3.91. The average Bonchev–Trinajstić information content (AvgIpc) is 2.70. The van der Waals surface area contributed by atoms with E-state index in [0.717, 1.165) is 17.6 Å². The molecule has 2 aromatic rings. The molecule has 1 aromatic heterocycles. The van der Waals surface area contributed by atoms with Crippen molar-refractivity contribution in [2.75, 3.05) is 4.72 Å². The zero-order valence-electron chi connectivity index (χ0n) is 7.79. The van der Waals surface area contributed by atoms with Gasteiger partial charge in [0.05, 0.1) is 6.20 Å². The first-order valence-corrected chi connectivity index (χ1v) is 6.40. The van der Waals surface area contributed by atoms with Gasteiger partial charge in [-0.25, -0.2) is 12.8 Å². The molecule has 1 heterocycles. The number of sulfonamides is 1. The van der Waals surface area contributed by atoms with E-state index in [1.165, 1.54) is 24.4 Å². The lowest BCUT2D eigenvalue weighted by atomic mass is 10.4. The number of benzene rings is 1. The van der Waals surface area contributed by atoms with Gasteiger partial charge in [-0.1, -0.05) is 16.6 Å². The second-order valence-corrected chi connectivity index (χ2v) is 5.25. The van der Waals surface area contributed by atoms with Crippen LogP contribution in [0.25, 0.3) is 0 Å². The zero-order chi connectivity index (χ0) is 11.6. The van der Waals surface area contributed by atoms with Gasteiger partial charge in [0.1, 0.15) is 15.7 Å². The molecule has 0 radical (unpaired) electrons. The van der Waals surface area contributed by atoms with Crippen LogP contribution in [0.5, 0.6) is 0 Å². The summed E-state index contributed by atoms with van der Waals surface area (Å²) in [6.07, 6.45) is 1.25. The van der Waals surface area contributed by atoms with Gasteiger partial charge in [0, 0.05) is 11.5 Å². The average molecular weight is 259 g/mol. The van der Waals surface area contributed by atoms with Gasteiger partial charge in [-0.3, -0.25) is 4.72 Å². The molecule has 0 atom stereocenters. The standard InChI is InChI=1S/C8H6FN3O2S2/c9-6-3-1-2-4-7(6)16(13,14)11-8-5-10-12-15-8/h1-5,11H. The van der Waals surface area contributed by atoms with E-state index in [1.54, 1.807) is 0 Å². The van der Waals surface area contributed by atoms with Crippen molar-refractivity contribution in [1.82, 2.24) is 9.59 Å². The molecule has 0 amide bonds. The van der Waals surface area contributed by atoms with Crippen LogP contribution in [0.1, 0.15) is 0 Å². The van der Waals surface area contributed by atoms with E-state index >= 15 is 0 Å². The minimum Gasteiger partial charge on any atom is -0.268 e. The molecule has 16 heavy (non-hydrogen) atoms. The maximum atomic E-state index is 13.3. The van der Waals surface area contributed by atoms with Gasteiger partial charge in [-0.2, -0.15) is 0 Å². The van der Waals surface area contributed by atoms with Crippen LogP contribution < -0.4 is 4.72 Å². The van der Waals surface area contributed by atoms with Crippen LogP contribution >= 0.6 is 11.5 Å². The van der Waals surface area contributed by atoms with Gasteiger partial charge in [-0.05, 0) is 12.1 Å². The lowest BCUT2D eigenvalue weighted by Crippen LogP contribution is -2.13. The minimum atomic E-state index is -3.91. The van der Waals surface area contributed by atoms with Crippen molar-refractivity contribution >= 4 is 26.6 Å². The van der Waals surface area contributed by atoms with Crippen LogP contribution in [-0.4, -0.2) is 18.0 Å². The number of anilines is 1. The highest BCUT2D eigenvalue weighted by Crippen LogP contribution is 2.19. The Morgan fingerprint density at radius 1 is 1.31 bits per heavy atom. The van der Waals surface area contributed by atoms with Crippen molar-refractivity contribution in [3.05, 3.63) is 36.3 Å². The number of nitrogens with one attached hydrogen (secondary N) is 1. The number of hydrogen-bond acceptors (Lipinski definition) is 5. The second kappa shape index (κ2) is 4.14. The molecule has 0 aliphatic carbocycles. The van der Waals surface area contributed by atoms with Gasteiger partial charge < -0.3 is 0 Å². The molecule has 5 nitrogen and oxygen atoms in total. The summed E-state index contributed by atoms with van der Waals surface area (Å²) in [5.74, 6) is -0.799. The maximum Gasteiger partial charge on any atom is 0.265 e. The fourth-order valence-corrected chi connectivity index (χ4v) is 2.83. The molecule has 0 saturated heterocycles. The Morgan fingerprint density at radius 3 is 2.69 bits per heavy atom. The predicted octanol–water partition coefficient (Wildman–Crippen LogP) is 1.48. The summed E-state index contributed by atoms with van der Waals surface area (Å²) in [5.41, 5.74) is 0. The summed E-state index contributed by atoms with van der Waals surface area (Å²) in [6, 6.07) is 5.14. The molecular formula is C8H6FN3O2S2. The number of nitrogens with zero attached hydrogens (tertiary/aromatic N) is 2. The largest absolute Gasteiger partial charge is 0.268 e. The Bertz CT molecular complexity index is 583. The topological polar surface area (TPSA) is 72.0 Å². The molecule has 0 saturated carbocycles. The van der Waals surface area contributed by atoms with Crippen molar-refractivity contribution in [3.8, 4) is 0 Å². The van der Waals surface area contributed by atoms with Crippen LogP contribution in [-0.2, 0) is 10.0 Å². The number of hydrogen-bond donors (Lipinski definition) is 1. The number of halogens is 1. The van der Waals surface area contributed by atoms with Gasteiger partial charge in [0.15, 0.2) is 0 Å². The first-order valence-electron chi connectivity index (χ1n) is 4.14. The highest BCUT2D eigenvalue weighted by atomic mass is 32.2. The zero-order valence-corrected chi connectivity index (χ0v) is 9.43. The summed E-state index contributed by atoms with van der Waals surface area (Å²) in [5, 5.41) is 3.71. The lowest BCUT2D eigenvalue weighted by molar-refractivity contribution is 0.570. The van der Waals surface area contributed by atoms with Crippen molar-refractivity contribution in [1.29, 1.82) is 0 Å². The third-order valence-electron chi connectivity index (χ3n) is 1.72. The minimum absolute atomic E-state index is 0.239. The Kier molecular flexibility index (Phi) is 2.84. The maximum absolute atomic E-state index is 13.3. The molecule has 1 N–H and O–H groups in total. The molecule has 8 heteroatoms. The summed E-state index contributed by atoms with van der Waals surface area (Å²) >= 11 is 0.876. The summed E-state index contributed by atoms with van der Waals surface area (Å²) in [4.78, 5) is -0.400. The Balaban J connectivity index is 2.37. The van der Waals surface area contributed by atoms with Gasteiger partial charge in [0.2, 0.25) is 0 Å². The van der Waals surface area contributed by atoms with Crippen LogP contribution in [0.2, 0.25) is 0 Å². The lowest BCUT2D eigenvalue weighted by Gasteiger charge is -2.05. The van der Waals surface area contributed by atoms with E-state index in [-0.39, 0.29) is 5.00 Å². The van der Waals surface area contributed by atoms with Gasteiger partial charge in [0.25, 0.3) is 10.0 Å². The molecule has 0 spiro atoms. The molecular weight excluding hydrogens is 253 g/mol. The van der Waals surface area contributed by atoms with Crippen LogP contribution in [0.4, 0.5) is 9.39 Å². The van der Waals surface area contributed by atoms with E-state index in [0.29, 0.717) is 0 Å². The molecule has 0 aliphatic heterocycles. The molecule has 1 aromatic carbocycles. The van der Waals surface area contributed by atoms with Crippen LogP contribution in [0.15, 0.2) is 35.4 Å². The first-order chi connectivity index (χ1) is 7.59. The molecule has 0 unspecified atom stereocenters. The fraction of sp³-hybridized carbons (Fsp3) is 0. The summed E-state index contributed by atoms with van der Waals surface area (Å²) in [6.45, 7) is 0. The van der Waals surface area contributed by atoms with Gasteiger partial charge >= 0.3 is 0 Å². The summed E-state index contributed by atoms with van der Waals surface area (Å²) < 4.78 is 42.4. The molecule has 2 rings (SSSR count).